The molecule has 1 aliphatic rings. The first kappa shape index (κ1) is 12.1. The van der Waals surface area contributed by atoms with Gasteiger partial charge in [0.05, 0.1) is 0 Å². The molecule has 0 N–H and O–H groups in total. The minimum atomic E-state index is 0.287. The van der Waals surface area contributed by atoms with E-state index in [2.05, 4.69) is 6.92 Å². The lowest BCUT2D eigenvalue weighted by Crippen LogP contribution is -2.17. The van der Waals surface area contributed by atoms with Gasteiger partial charge < -0.3 is 4.74 Å². The average molecular weight is 216 g/mol. The zero-order valence-corrected chi connectivity index (χ0v) is 9.78. The van der Waals surface area contributed by atoms with Gasteiger partial charge in [0, 0.05) is 13.0 Å². The highest BCUT2D eigenvalue weighted by Gasteiger charge is 2.16. The Balaban J connectivity index is 2.06. The van der Waals surface area contributed by atoms with Crippen LogP contribution in [0.1, 0.15) is 32.6 Å². The van der Waals surface area contributed by atoms with Crippen molar-refractivity contribution in [3.63, 3.8) is 0 Å². The van der Waals surface area contributed by atoms with Crippen molar-refractivity contribution in [1.82, 2.24) is 0 Å². The Morgan fingerprint density at radius 2 is 2.14 bits per heavy atom. The second kappa shape index (κ2) is 7.30. The van der Waals surface area contributed by atoms with Crippen LogP contribution < -0.4 is 0 Å². The van der Waals surface area contributed by atoms with E-state index in [4.69, 9.17) is 4.74 Å². The van der Waals surface area contributed by atoms with Crippen LogP contribution in [-0.4, -0.2) is 30.5 Å². The molecule has 1 aliphatic heterocycles. The number of ether oxygens (including phenoxy) is 1. The Morgan fingerprint density at radius 3 is 2.79 bits per heavy atom. The second-order valence-electron chi connectivity index (χ2n) is 3.85. The van der Waals surface area contributed by atoms with Crippen LogP contribution >= 0.6 is 11.8 Å². The highest BCUT2D eigenvalue weighted by atomic mass is 32.2. The van der Waals surface area contributed by atoms with Gasteiger partial charge in [0.1, 0.15) is 6.61 Å². The van der Waals surface area contributed by atoms with Crippen LogP contribution in [0, 0.1) is 5.92 Å². The van der Waals surface area contributed by atoms with Crippen molar-refractivity contribution in [3.05, 3.63) is 0 Å². The molecular weight excluding hydrogens is 196 g/mol. The molecule has 82 valence electrons. The molecule has 2 nitrogen and oxygen atoms in total. The molecule has 3 heteroatoms. The molecule has 1 fully saturated rings. The summed E-state index contributed by atoms with van der Waals surface area (Å²) in [6, 6.07) is 0. The molecule has 0 spiro atoms. The van der Waals surface area contributed by atoms with E-state index in [0.717, 1.165) is 12.8 Å². The summed E-state index contributed by atoms with van der Waals surface area (Å²) < 4.78 is 5.23. The molecule has 0 aromatic carbocycles. The first-order valence-electron chi connectivity index (χ1n) is 5.50. The zero-order chi connectivity index (χ0) is 10.2. The van der Waals surface area contributed by atoms with Gasteiger partial charge in [0.2, 0.25) is 0 Å². The highest BCUT2D eigenvalue weighted by molar-refractivity contribution is 7.99. The van der Waals surface area contributed by atoms with Crippen molar-refractivity contribution in [2.45, 2.75) is 32.6 Å². The summed E-state index contributed by atoms with van der Waals surface area (Å²) in [5.74, 6) is 3.38. The van der Waals surface area contributed by atoms with Gasteiger partial charge >= 0.3 is 0 Å². The number of carbonyl (C=O) groups excluding carboxylic acids is 1. The van der Waals surface area contributed by atoms with E-state index in [0.29, 0.717) is 19.1 Å². The van der Waals surface area contributed by atoms with Crippen molar-refractivity contribution in [2.24, 2.45) is 5.92 Å². The lowest BCUT2D eigenvalue weighted by atomic mass is 9.97. The number of thioether (sulfide) groups is 1. The van der Waals surface area contributed by atoms with Crippen LogP contribution in [0.15, 0.2) is 0 Å². The molecule has 0 aromatic rings. The molecule has 1 rings (SSSR count). The monoisotopic (exact) mass is 216 g/mol. The normalized spacial score (nSPS) is 18.4. The summed E-state index contributed by atoms with van der Waals surface area (Å²) >= 11 is 2.00. The molecule has 0 amide bonds. The summed E-state index contributed by atoms with van der Waals surface area (Å²) in [6.45, 7) is 3.10. The quantitative estimate of drug-likeness (QED) is 0.638. The Hall–Kier alpha value is -0.0200. The minimum absolute atomic E-state index is 0.287. The maximum absolute atomic E-state index is 11.5. The van der Waals surface area contributed by atoms with Crippen molar-refractivity contribution < 1.29 is 9.53 Å². The van der Waals surface area contributed by atoms with Gasteiger partial charge in [0.15, 0.2) is 5.78 Å². The molecule has 0 aliphatic carbocycles. The molecule has 1 saturated heterocycles. The summed E-state index contributed by atoms with van der Waals surface area (Å²) in [5, 5.41) is 0. The Kier molecular flexibility index (Phi) is 6.28. The maximum Gasteiger partial charge on any atom is 0.158 e. The third-order valence-corrected chi connectivity index (χ3v) is 3.52. The van der Waals surface area contributed by atoms with E-state index < -0.39 is 0 Å². The lowest BCUT2D eigenvalue weighted by molar-refractivity contribution is -0.124. The summed E-state index contributed by atoms with van der Waals surface area (Å²) in [7, 11) is 0. The third-order valence-electron chi connectivity index (χ3n) is 2.47. The standard InChI is InChI=1S/C11H20O2S/c1-2-5-13-9-11(12)8-10-3-6-14-7-4-10/h10H,2-9H2,1H3. The Bertz CT molecular complexity index is 165. The summed E-state index contributed by atoms with van der Waals surface area (Å²) in [5.41, 5.74) is 0. The van der Waals surface area contributed by atoms with Crippen LogP contribution in [0.5, 0.6) is 0 Å². The van der Waals surface area contributed by atoms with Crippen LogP contribution in [0.25, 0.3) is 0 Å². The van der Waals surface area contributed by atoms with Crippen molar-refractivity contribution >= 4 is 17.5 Å². The molecule has 0 saturated carbocycles. The number of hydrogen-bond donors (Lipinski definition) is 0. The van der Waals surface area contributed by atoms with Crippen LogP contribution in [0.4, 0.5) is 0 Å². The summed E-state index contributed by atoms with van der Waals surface area (Å²) in [6.07, 6.45) is 4.16. The highest BCUT2D eigenvalue weighted by Crippen LogP contribution is 2.25. The molecule has 0 bridgehead atoms. The van der Waals surface area contributed by atoms with Gasteiger partial charge in [-0.2, -0.15) is 11.8 Å². The summed E-state index contributed by atoms with van der Waals surface area (Å²) in [4.78, 5) is 11.5. The van der Waals surface area contributed by atoms with Gasteiger partial charge in [0.25, 0.3) is 0 Å². The lowest BCUT2D eigenvalue weighted by Gasteiger charge is -2.20. The largest absolute Gasteiger partial charge is 0.374 e. The second-order valence-corrected chi connectivity index (χ2v) is 5.08. The molecular formula is C11H20O2S. The molecule has 0 aromatic heterocycles. The molecule has 0 unspecified atom stereocenters. The topological polar surface area (TPSA) is 26.3 Å². The Labute approximate surface area is 90.8 Å². The maximum atomic E-state index is 11.5. The van der Waals surface area contributed by atoms with Gasteiger partial charge in [-0.05, 0) is 36.7 Å². The van der Waals surface area contributed by atoms with E-state index in [9.17, 15) is 4.79 Å². The first-order chi connectivity index (χ1) is 6.83. The van der Waals surface area contributed by atoms with Gasteiger partial charge in [-0.1, -0.05) is 6.92 Å². The number of hydrogen-bond acceptors (Lipinski definition) is 3. The molecule has 14 heavy (non-hydrogen) atoms. The number of rotatable bonds is 6. The van der Waals surface area contributed by atoms with Crippen molar-refractivity contribution in [1.29, 1.82) is 0 Å². The van der Waals surface area contributed by atoms with E-state index in [1.165, 1.54) is 24.3 Å². The predicted molar refractivity (Wildman–Crippen MR) is 60.8 cm³/mol. The minimum Gasteiger partial charge on any atom is -0.374 e. The molecule has 1 heterocycles. The van der Waals surface area contributed by atoms with Crippen LogP contribution in [-0.2, 0) is 9.53 Å². The van der Waals surface area contributed by atoms with Crippen LogP contribution in [0.3, 0.4) is 0 Å². The number of Topliss-reactive ketones (excluding diaryl/α,β-unsaturated/α-hetero) is 1. The predicted octanol–water partition coefficient (Wildman–Crippen LogP) is 2.52. The van der Waals surface area contributed by atoms with Gasteiger partial charge in [-0.3, -0.25) is 4.79 Å². The van der Waals surface area contributed by atoms with E-state index in [-0.39, 0.29) is 5.78 Å². The third kappa shape index (κ3) is 5.01. The van der Waals surface area contributed by atoms with Gasteiger partial charge in [-0.15, -0.1) is 0 Å². The van der Waals surface area contributed by atoms with E-state index in [1.54, 1.807) is 0 Å². The fraction of sp³-hybridized carbons (Fsp3) is 0.909. The van der Waals surface area contributed by atoms with Gasteiger partial charge in [-0.25, -0.2) is 0 Å². The SMILES string of the molecule is CCCOCC(=O)CC1CCSCC1. The van der Waals surface area contributed by atoms with Crippen molar-refractivity contribution in [3.8, 4) is 0 Å². The molecule has 0 radical (unpaired) electrons. The van der Waals surface area contributed by atoms with Crippen molar-refractivity contribution in [2.75, 3.05) is 24.7 Å². The fourth-order valence-corrected chi connectivity index (χ4v) is 2.87. The average Bonchev–Trinajstić information content (AvgIpc) is 2.20. The fourth-order valence-electron chi connectivity index (χ4n) is 1.66. The van der Waals surface area contributed by atoms with E-state index >= 15 is 0 Å². The number of carbonyl (C=O) groups is 1. The van der Waals surface area contributed by atoms with Crippen LogP contribution in [0.2, 0.25) is 0 Å². The smallest absolute Gasteiger partial charge is 0.158 e. The molecule has 0 atom stereocenters. The Morgan fingerprint density at radius 1 is 1.43 bits per heavy atom. The number of ketones is 1. The zero-order valence-electron chi connectivity index (χ0n) is 8.96. The van der Waals surface area contributed by atoms with E-state index in [1.807, 2.05) is 11.8 Å². The first-order valence-corrected chi connectivity index (χ1v) is 6.65.